The van der Waals surface area contributed by atoms with E-state index in [1.54, 1.807) is 12.1 Å². The van der Waals surface area contributed by atoms with Crippen molar-refractivity contribution in [3.63, 3.8) is 0 Å². The van der Waals surface area contributed by atoms with E-state index in [0.29, 0.717) is 23.8 Å². The topological polar surface area (TPSA) is 67.2 Å². The Balaban J connectivity index is 2.22. The summed E-state index contributed by atoms with van der Waals surface area (Å²) in [7, 11) is 1.53. The van der Waals surface area contributed by atoms with E-state index in [0.717, 1.165) is 11.1 Å². The van der Waals surface area contributed by atoms with Crippen molar-refractivity contribution < 1.29 is 9.47 Å². The van der Waals surface area contributed by atoms with Crippen molar-refractivity contribution in [2.75, 3.05) is 7.11 Å². The van der Waals surface area contributed by atoms with Gasteiger partial charge in [0, 0.05) is 11.0 Å². The summed E-state index contributed by atoms with van der Waals surface area (Å²) in [5.41, 5.74) is 11.0. The molecule has 0 atom stereocenters. The molecule has 5 heteroatoms. The quantitative estimate of drug-likeness (QED) is 0.455. The van der Waals surface area contributed by atoms with E-state index in [4.69, 9.17) is 15.0 Å². The second-order valence-corrected chi connectivity index (χ2v) is 4.25. The van der Waals surface area contributed by atoms with E-state index < -0.39 is 0 Å². The number of hydrogen-bond donors (Lipinski definition) is 0. The van der Waals surface area contributed by atoms with E-state index in [-0.39, 0.29) is 0 Å². The molecule has 102 valence electrons. The predicted octanol–water partition coefficient (Wildman–Crippen LogP) is 4.52. The van der Waals surface area contributed by atoms with Gasteiger partial charge in [0.2, 0.25) is 0 Å². The lowest BCUT2D eigenvalue weighted by molar-refractivity contribution is 0.301. The Hall–Kier alpha value is -2.65. The molecular formula is C15H15N3O2. The van der Waals surface area contributed by atoms with Crippen molar-refractivity contribution in [3.8, 4) is 11.5 Å². The van der Waals surface area contributed by atoms with Crippen LogP contribution in [0.2, 0.25) is 0 Å². The largest absolute Gasteiger partial charge is 0.496 e. The highest BCUT2D eigenvalue weighted by molar-refractivity contribution is 5.58. The third kappa shape index (κ3) is 3.22. The lowest BCUT2D eigenvalue weighted by Gasteiger charge is -2.12. The van der Waals surface area contributed by atoms with Gasteiger partial charge in [-0.1, -0.05) is 35.4 Å². The number of benzene rings is 2. The molecule has 2 rings (SSSR count). The van der Waals surface area contributed by atoms with Crippen LogP contribution in [0.3, 0.4) is 0 Å². The van der Waals surface area contributed by atoms with Crippen molar-refractivity contribution in [1.82, 2.24) is 0 Å². The van der Waals surface area contributed by atoms with Crippen LogP contribution >= 0.6 is 0 Å². The monoisotopic (exact) mass is 269 g/mol. The second kappa shape index (κ2) is 6.50. The van der Waals surface area contributed by atoms with E-state index in [1.807, 2.05) is 37.3 Å². The van der Waals surface area contributed by atoms with Crippen LogP contribution in [-0.2, 0) is 6.61 Å². The van der Waals surface area contributed by atoms with Gasteiger partial charge in [-0.15, -0.1) is 0 Å². The smallest absolute Gasteiger partial charge is 0.132 e. The lowest BCUT2D eigenvalue weighted by Crippen LogP contribution is -1.97. The number of methoxy groups -OCH3 is 1. The molecule has 0 saturated heterocycles. The average molecular weight is 269 g/mol. The van der Waals surface area contributed by atoms with Crippen LogP contribution in [-0.4, -0.2) is 7.11 Å². The van der Waals surface area contributed by atoms with Crippen LogP contribution in [0.4, 0.5) is 5.69 Å². The number of hydrogen-bond acceptors (Lipinski definition) is 3. The first-order valence-corrected chi connectivity index (χ1v) is 6.15. The first-order chi connectivity index (χ1) is 9.74. The van der Waals surface area contributed by atoms with Crippen molar-refractivity contribution >= 4 is 5.69 Å². The highest BCUT2D eigenvalue weighted by atomic mass is 16.5. The molecule has 0 aliphatic rings. The standard InChI is InChI=1S/C15H15N3O2/c1-11-8-13(17-18-16)15(19-2)9-14(11)20-10-12-6-4-3-5-7-12/h3-9H,10H2,1-2H3. The maximum atomic E-state index is 8.52. The number of azide groups is 1. The fraction of sp³-hybridized carbons (Fsp3) is 0.200. The zero-order valence-electron chi connectivity index (χ0n) is 11.4. The molecule has 0 amide bonds. The Morgan fingerprint density at radius 2 is 1.90 bits per heavy atom. The number of ether oxygens (including phenoxy) is 2. The second-order valence-electron chi connectivity index (χ2n) is 4.25. The maximum absolute atomic E-state index is 8.52. The molecule has 20 heavy (non-hydrogen) atoms. The van der Waals surface area contributed by atoms with Gasteiger partial charge in [-0.25, -0.2) is 0 Å². The molecule has 2 aromatic carbocycles. The SMILES string of the molecule is COc1cc(OCc2ccccc2)c(C)cc1N=[N+]=[N-]. The molecule has 0 radical (unpaired) electrons. The van der Waals surface area contributed by atoms with Crippen molar-refractivity contribution in [2.24, 2.45) is 5.11 Å². The molecule has 2 aromatic rings. The number of nitrogens with zero attached hydrogens (tertiary/aromatic N) is 3. The van der Waals surface area contributed by atoms with Gasteiger partial charge in [0.1, 0.15) is 18.1 Å². The summed E-state index contributed by atoms with van der Waals surface area (Å²) in [6, 6.07) is 13.4. The molecule has 0 heterocycles. The van der Waals surface area contributed by atoms with E-state index >= 15 is 0 Å². The Labute approximate surface area is 117 Å². The van der Waals surface area contributed by atoms with Gasteiger partial charge in [0.15, 0.2) is 0 Å². The van der Waals surface area contributed by atoms with E-state index in [2.05, 4.69) is 10.0 Å². The van der Waals surface area contributed by atoms with Gasteiger partial charge in [0.05, 0.1) is 12.8 Å². The average Bonchev–Trinajstić information content (AvgIpc) is 2.48. The molecule has 5 nitrogen and oxygen atoms in total. The van der Waals surface area contributed by atoms with Gasteiger partial charge >= 0.3 is 0 Å². The molecule has 0 aliphatic heterocycles. The Bertz CT molecular complexity index is 635. The summed E-state index contributed by atoms with van der Waals surface area (Å²) in [5.74, 6) is 1.21. The fourth-order valence-electron chi connectivity index (χ4n) is 1.83. The van der Waals surface area contributed by atoms with Gasteiger partial charge < -0.3 is 9.47 Å². The summed E-state index contributed by atoms with van der Waals surface area (Å²) in [6.45, 7) is 2.38. The number of rotatable bonds is 5. The van der Waals surface area contributed by atoms with Gasteiger partial charge in [0.25, 0.3) is 0 Å². The molecule has 0 saturated carbocycles. The Kier molecular flexibility index (Phi) is 4.47. The van der Waals surface area contributed by atoms with Crippen molar-refractivity contribution in [1.29, 1.82) is 0 Å². The molecule has 0 spiro atoms. The predicted molar refractivity (Wildman–Crippen MR) is 77.3 cm³/mol. The number of aryl methyl sites for hydroxylation is 1. The summed E-state index contributed by atoms with van der Waals surface area (Å²) < 4.78 is 11.0. The summed E-state index contributed by atoms with van der Waals surface area (Å²) >= 11 is 0. The molecule has 0 bridgehead atoms. The van der Waals surface area contributed by atoms with Gasteiger partial charge in [-0.05, 0) is 29.6 Å². The first kappa shape index (κ1) is 13.8. The lowest BCUT2D eigenvalue weighted by atomic mass is 10.2. The minimum atomic E-state index is 0.458. The van der Waals surface area contributed by atoms with Crippen molar-refractivity contribution in [2.45, 2.75) is 13.5 Å². The third-order valence-corrected chi connectivity index (χ3v) is 2.87. The third-order valence-electron chi connectivity index (χ3n) is 2.87. The van der Waals surface area contributed by atoms with Crippen LogP contribution in [0.1, 0.15) is 11.1 Å². The van der Waals surface area contributed by atoms with Crippen LogP contribution < -0.4 is 9.47 Å². The Morgan fingerprint density at radius 3 is 2.55 bits per heavy atom. The van der Waals surface area contributed by atoms with Gasteiger partial charge in [-0.3, -0.25) is 0 Å². The van der Waals surface area contributed by atoms with E-state index in [1.165, 1.54) is 7.11 Å². The molecule has 0 fully saturated rings. The van der Waals surface area contributed by atoms with Crippen LogP contribution in [0.25, 0.3) is 10.4 Å². The zero-order valence-corrected chi connectivity index (χ0v) is 11.4. The summed E-state index contributed by atoms with van der Waals surface area (Å²) in [6.07, 6.45) is 0. The maximum Gasteiger partial charge on any atom is 0.132 e. The molecule has 0 aromatic heterocycles. The summed E-state index contributed by atoms with van der Waals surface area (Å²) in [4.78, 5) is 2.78. The minimum Gasteiger partial charge on any atom is -0.496 e. The van der Waals surface area contributed by atoms with Crippen LogP contribution in [0.5, 0.6) is 11.5 Å². The van der Waals surface area contributed by atoms with E-state index in [9.17, 15) is 0 Å². The first-order valence-electron chi connectivity index (χ1n) is 6.15. The summed E-state index contributed by atoms with van der Waals surface area (Å²) in [5, 5.41) is 3.60. The van der Waals surface area contributed by atoms with Crippen LogP contribution in [0, 0.1) is 6.92 Å². The van der Waals surface area contributed by atoms with Crippen LogP contribution in [0.15, 0.2) is 47.6 Å². The zero-order chi connectivity index (χ0) is 14.4. The fourth-order valence-corrected chi connectivity index (χ4v) is 1.83. The Morgan fingerprint density at radius 1 is 1.15 bits per heavy atom. The molecular weight excluding hydrogens is 254 g/mol. The van der Waals surface area contributed by atoms with Gasteiger partial charge in [-0.2, -0.15) is 0 Å². The molecule has 0 unspecified atom stereocenters. The molecule has 0 N–H and O–H groups in total. The minimum absolute atomic E-state index is 0.458. The highest BCUT2D eigenvalue weighted by Gasteiger charge is 2.08. The molecule has 0 aliphatic carbocycles. The highest BCUT2D eigenvalue weighted by Crippen LogP contribution is 2.35. The normalized spacial score (nSPS) is 9.70. The van der Waals surface area contributed by atoms with Crippen molar-refractivity contribution in [3.05, 3.63) is 64.0 Å².